The van der Waals surface area contributed by atoms with Gasteiger partial charge in [-0.25, -0.2) is 4.98 Å². The van der Waals surface area contributed by atoms with Gasteiger partial charge in [-0.05, 0) is 89.8 Å². The first kappa shape index (κ1) is 21.3. The molecule has 5 nitrogen and oxygen atoms in total. The Morgan fingerprint density at radius 3 is 2.59 bits per heavy atom. The fourth-order valence-electron chi connectivity index (χ4n) is 4.27. The number of nitrogens with one attached hydrogen (secondary N) is 1. The van der Waals surface area contributed by atoms with Crippen molar-refractivity contribution in [3.05, 3.63) is 94.0 Å². The zero-order chi connectivity index (χ0) is 23.1. The van der Waals surface area contributed by atoms with Crippen LogP contribution in [0.15, 0.2) is 88.6 Å². The van der Waals surface area contributed by atoms with E-state index >= 15 is 0 Å². The number of hydrogen-bond acceptors (Lipinski definition) is 4. The third kappa shape index (κ3) is 4.08. The maximum atomic E-state index is 6.20. The molecular formula is C27H21BrClN5. The predicted octanol–water partition coefficient (Wildman–Crippen LogP) is 7.14. The van der Waals surface area contributed by atoms with E-state index in [9.17, 15) is 0 Å². The average Bonchev–Trinajstić information content (AvgIpc) is 2.81. The molecule has 3 aliphatic rings. The molecule has 0 atom stereocenters. The van der Waals surface area contributed by atoms with Gasteiger partial charge >= 0.3 is 0 Å². The quantitative estimate of drug-likeness (QED) is 0.251. The van der Waals surface area contributed by atoms with Gasteiger partial charge in [0.2, 0.25) is 0 Å². The Bertz CT molecular complexity index is 1540. The van der Waals surface area contributed by atoms with Crippen LogP contribution in [0.25, 0.3) is 28.1 Å². The minimum absolute atomic E-state index is 0.357. The van der Waals surface area contributed by atoms with Crippen LogP contribution in [0.5, 0.6) is 0 Å². The van der Waals surface area contributed by atoms with Gasteiger partial charge in [-0.1, -0.05) is 23.7 Å². The Balaban J connectivity index is 1.63. The van der Waals surface area contributed by atoms with Crippen molar-refractivity contribution in [2.75, 3.05) is 5.32 Å². The standard InChI is InChI=1S/C27H21BrClN5/c28-17-12-20(16-30-15-17)32-23-13-25-27(14-24(23)31-19-4-3-5-19)34(21-10-8-18(29)9-11-21)26-7-2-1-6-22(26)33-25/h1-2,6-16,19,32H,3-5H2. The summed E-state index contributed by atoms with van der Waals surface area (Å²) < 4.78 is 3.15. The molecule has 0 saturated heterocycles. The van der Waals surface area contributed by atoms with Gasteiger partial charge in [0.15, 0.2) is 0 Å². The van der Waals surface area contributed by atoms with Gasteiger partial charge in [-0.3, -0.25) is 9.98 Å². The van der Waals surface area contributed by atoms with Gasteiger partial charge in [0.25, 0.3) is 0 Å². The Morgan fingerprint density at radius 2 is 1.82 bits per heavy atom. The second-order valence-corrected chi connectivity index (χ2v) is 9.85. The van der Waals surface area contributed by atoms with Crippen molar-refractivity contribution in [3.8, 4) is 17.1 Å². The fourth-order valence-corrected chi connectivity index (χ4v) is 4.76. The summed E-state index contributed by atoms with van der Waals surface area (Å²) in [6.07, 6.45) is 7.07. The number of halogens is 2. The molecule has 0 unspecified atom stereocenters. The maximum Gasteiger partial charge on any atom is 0.0900 e. The number of anilines is 2. The highest BCUT2D eigenvalue weighted by molar-refractivity contribution is 9.10. The molecule has 0 spiro atoms. The lowest BCUT2D eigenvalue weighted by Gasteiger charge is -2.23. The van der Waals surface area contributed by atoms with Crippen molar-refractivity contribution in [1.29, 1.82) is 0 Å². The minimum Gasteiger partial charge on any atom is -0.352 e. The first-order valence-corrected chi connectivity index (χ1v) is 12.4. The molecule has 1 N–H and O–H groups in total. The molecule has 0 radical (unpaired) electrons. The molecule has 1 aromatic heterocycles. The summed E-state index contributed by atoms with van der Waals surface area (Å²) in [5, 5.41) is 5.16. The number of benzene rings is 3. The molecule has 2 aliphatic carbocycles. The van der Waals surface area contributed by atoms with Crippen molar-refractivity contribution >= 4 is 49.9 Å². The van der Waals surface area contributed by atoms with E-state index in [0.717, 1.165) is 62.2 Å². The molecule has 1 saturated carbocycles. The second kappa shape index (κ2) is 8.85. The van der Waals surface area contributed by atoms with E-state index in [1.54, 1.807) is 6.20 Å². The summed E-state index contributed by atoms with van der Waals surface area (Å²) in [4.78, 5) is 14.4. The molecule has 0 bridgehead atoms. The zero-order valence-corrected chi connectivity index (χ0v) is 20.6. The van der Waals surface area contributed by atoms with Crippen LogP contribution in [-0.2, 0) is 0 Å². The molecule has 0 amide bonds. The SMILES string of the molecule is Clc1ccc(-n2c3cc(=NC4CCC4)c(Nc4cncc(Br)c4)cc-3nc3ccccc32)cc1. The van der Waals surface area contributed by atoms with Crippen LogP contribution in [0.4, 0.5) is 11.4 Å². The highest BCUT2D eigenvalue weighted by atomic mass is 79.9. The van der Waals surface area contributed by atoms with Gasteiger partial charge in [0, 0.05) is 21.4 Å². The molecule has 2 heterocycles. The molecule has 1 aliphatic heterocycles. The van der Waals surface area contributed by atoms with Crippen LogP contribution in [0.1, 0.15) is 19.3 Å². The Hall–Kier alpha value is -3.22. The predicted molar refractivity (Wildman–Crippen MR) is 141 cm³/mol. The monoisotopic (exact) mass is 529 g/mol. The lowest BCUT2D eigenvalue weighted by Crippen LogP contribution is -2.22. The van der Waals surface area contributed by atoms with E-state index in [1.807, 2.05) is 54.7 Å². The number of fused-ring (bicyclic) bond motifs is 2. The number of nitrogens with zero attached hydrogens (tertiary/aromatic N) is 4. The highest BCUT2D eigenvalue weighted by Gasteiger charge is 2.19. The van der Waals surface area contributed by atoms with Crippen molar-refractivity contribution in [2.24, 2.45) is 4.99 Å². The van der Waals surface area contributed by atoms with Crippen molar-refractivity contribution in [3.63, 3.8) is 0 Å². The molecule has 1 fully saturated rings. The van der Waals surface area contributed by atoms with Crippen LogP contribution in [0.3, 0.4) is 0 Å². The van der Waals surface area contributed by atoms with E-state index in [2.05, 4.69) is 49.0 Å². The largest absolute Gasteiger partial charge is 0.352 e. The number of aromatic nitrogens is 3. The Kier molecular flexibility index (Phi) is 5.55. The topological polar surface area (TPSA) is 55.1 Å². The number of para-hydroxylation sites is 2. The van der Waals surface area contributed by atoms with E-state index in [4.69, 9.17) is 21.6 Å². The molecule has 34 heavy (non-hydrogen) atoms. The molecule has 7 heteroatoms. The summed E-state index contributed by atoms with van der Waals surface area (Å²) in [5.74, 6) is 0. The van der Waals surface area contributed by atoms with Crippen LogP contribution >= 0.6 is 27.5 Å². The van der Waals surface area contributed by atoms with Gasteiger partial charge < -0.3 is 9.88 Å². The summed E-state index contributed by atoms with van der Waals surface area (Å²) in [6.45, 7) is 0. The van der Waals surface area contributed by atoms with Crippen molar-refractivity contribution in [2.45, 2.75) is 25.3 Å². The first-order valence-electron chi connectivity index (χ1n) is 11.3. The summed E-state index contributed by atoms with van der Waals surface area (Å²) in [6, 6.07) is 22.7. The van der Waals surface area contributed by atoms with Crippen LogP contribution in [0, 0.1) is 0 Å². The van der Waals surface area contributed by atoms with Crippen LogP contribution in [0.2, 0.25) is 5.02 Å². The molecule has 3 aromatic rings. The van der Waals surface area contributed by atoms with E-state index < -0.39 is 0 Å². The molecule has 2 aromatic carbocycles. The summed E-state index contributed by atoms with van der Waals surface area (Å²) in [7, 11) is 0. The number of rotatable bonds is 4. The fraction of sp³-hybridized carbons (Fsp3) is 0.148. The van der Waals surface area contributed by atoms with Gasteiger partial charge in [-0.2, -0.15) is 0 Å². The molecule has 168 valence electrons. The Labute approximate surface area is 210 Å². The second-order valence-electron chi connectivity index (χ2n) is 8.50. The smallest absolute Gasteiger partial charge is 0.0900 e. The van der Waals surface area contributed by atoms with Crippen LogP contribution < -0.4 is 10.7 Å². The molecule has 6 rings (SSSR count). The highest BCUT2D eigenvalue weighted by Crippen LogP contribution is 2.31. The first-order chi connectivity index (χ1) is 16.6. The van der Waals surface area contributed by atoms with E-state index in [0.29, 0.717) is 11.1 Å². The van der Waals surface area contributed by atoms with Crippen molar-refractivity contribution < 1.29 is 0 Å². The average molecular weight is 531 g/mol. The van der Waals surface area contributed by atoms with Crippen LogP contribution in [-0.4, -0.2) is 20.6 Å². The number of pyridine rings is 1. The summed E-state index contributed by atoms with van der Waals surface area (Å²) >= 11 is 9.71. The maximum absolute atomic E-state index is 6.20. The zero-order valence-electron chi connectivity index (χ0n) is 18.2. The lowest BCUT2D eigenvalue weighted by molar-refractivity contribution is 0.413. The normalized spacial score (nSPS) is 14.5. The Morgan fingerprint density at radius 1 is 1.00 bits per heavy atom. The van der Waals surface area contributed by atoms with Gasteiger partial charge in [0.05, 0.1) is 51.4 Å². The third-order valence-electron chi connectivity index (χ3n) is 6.16. The lowest BCUT2D eigenvalue weighted by atomic mass is 9.94. The number of hydrogen-bond donors (Lipinski definition) is 1. The minimum atomic E-state index is 0.357. The van der Waals surface area contributed by atoms with E-state index in [-0.39, 0.29) is 0 Å². The summed E-state index contributed by atoms with van der Waals surface area (Å²) in [5.41, 5.74) is 6.67. The third-order valence-corrected chi connectivity index (χ3v) is 6.85. The molecular weight excluding hydrogens is 510 g/mol. The van der Waals surface area contributed by atoms with Gasteiger partial charge in [0.1, 0.15) is 0 Å². The van der Waals surface area contributed by atoms with Crippen molar-refractivity contribution in [1.82, 2.24) is 14.5 Å². The van der Waals surface area contributed by atoms with Gasteiger partial charge in [-0.15, -0.1) is 0 Å². The van der Waals surface area contributed by atoms with E-state index in [1.165, 1.54) is 6.42 Å².